The molecule has 1 aromatic carbocycles. The minimum Gasteiger partial charge on any atom is -0.453 e. The summed E-state index contributed by atoms with van der Waals surface area (Å²) >= 11 is 6.21. The van der Waals surface area contributed by atoms with Crippen molar-refractivity contribution in [2.24, 2.45) is 0 Å². The summed E-state index contributed by atoms with van der Waals surface area (Å²) in [6.07, 6.45) is 1.77. The Labute approximate surface area is 171 Å². The van der Waals surface area contributed by atoms with E-state index in [9.17, 15) is 4.79 Å². The maximum atomic E-state index is 13.0. The van der Waals surface area contributed by atoms with Crippen molar-refractivity contribution < 1.29 is 4.42 Å². The summed E-state index contributed by atoms with van der Waals surface area (Å²) in [7, 11) is 0. The average Bonchev–Trinajstić information content (AvgIpc) is 2.75. The van der Waals surface area contributed by atoms with E-state index >= 15 is 0 Å². The predicted molar refractivity (Wildman–Crippen MR) is 116 cm³/mol. The zero-order valence-corrected chi connectivity index (χ0v) is 16.2. The van der Waals surface area contributed by atoms with Gasteiger partial charge in [0.25, 0.3) is 0 Å². The number of pyridine rings is 2. The summed E-state index contributed by atoms with van der Waals surface area (Å²) in [5.74, 6) is 1.15. The van der Waals surface area contributed by atoms with Crippen molar-refractivity contribution in [3.63, 3.8) is 0 Å². The molecule has 1 fully saturated rings. The van der Waals surface area contributed by atoms with E-state index in [1.807, 2.05) is 12.1 Å². The van der Waals surface area contributed by atoms with Crippen LogP contribution in [-0.2, 0) is 0 Å². The molecular formula is C21H18ClN5O2. The summed E-state index contributed by atoms with van der Waals surface area (Å²) in [6.45, 7) is 3.71. The van der Waals surface area contributed by atoms with Crippen LogP contribution < -0.4 is 21.4 Å². The number of anilines is 2. The quantitative estimate of drug-likeness (QED) is 0.493. The number of rotatable bonds is 2. The lowest BCUT2D eigenvalue weighted by Gasteiger charge is -2.28. The Morgan fingerprint density at radius 1 is 1.17 bits per heavy atom. The van der Waals surface area contributed by atoms with Crippen molar-refractivity contribution in [2.45, 2.75) is 0 Å². The molecule has 7 nitrogen and oxygen atoms in total. The van der Waals surface area contributed by atoms with E-state index in [0.717, 1.165) is 37.6 Å². The number of benzene rings is 1. The Morgan fingerprint density at radius 3 is 2.76 bits per heavy atom. The summed E-state index contributed by atoms with van der Waals surface area (Å²) in [4.78, 5) is 24.1. The van der Waals surface area contributed by atoms with Crippen LogP contribution in [0.5, 0.6) is 0 Å². The molecular weight excluding hydrogens is 390 g/mol. The van der Waals surface area contributed by atoms with Crippen LogP contribution >= 0.6 is 11.6 Å². The van der Waals surface area contributed by atoms with Crippen molar-refractivity contribution in [3.05, 3.63) is 57.8 Å². The van der Waals surface area contributed by atoms with Crippen molar-refractivity contribution >= 4 is 45.3 Å². The Balaban J connectivity index is 1.68. The van der Waals surface area contributed by atoms with Crippen LogP contribution in [0.2, 0.25) is 5.02 Å². The first-order valence-electron chi connectivity index (χ1n) is 9.35. The first kappa shape index (κ1) is 17.9. The number of aromatic nitrogens is 2. The fourth-order valence-corrected chi connectivity index (χ4v) is 3.94. The van der Waals surface area contributed by atoms with Gasteiger partial charge in [0.05, 0.1) is 10.4 Å². The van der Waals surface area contributed by atoms with Gasteiger partial charge >= 0.3 is 0 Å². The van der Waals surface area contributed by atoms with E-state index < -0.39 is 0 Å². The summed E-state index contributed by atoms with van der Waals surface area (Å²) in [6, 6.07) is 10.7. The number of piperazine rings is 1. The third kappa shape index (κ3) is 3.08. The minimum absolute atomic E-state index is 0.159. The molecule has 0 bridgehead atoms. The van der Waals surface area contributed by atoms with Gasteiger partial charge in [-0.3, -0.25) is 4.79 Å². The molecule has 3 aromatic heterocycles. The predicted octanol–water partition coefficient (Wildman–Crippen LogP) is 3.05. The lowest BCUT2D eigenvalue weighted by atomic mass is 10.1. The molecule has 1 aliphatic heterocycles. The molecule has 0 radical (unpaired) electrons. The maximum absolute atomic E-state index is 13.0. The van der Waals surface area contributed by atoms with Crippen molar-refractivity contribution in [1.29, 1.82) is 0 Å². The lowest BCUT2D eigenvalue weighted by Crippen LogP contribution is -2.43. The number of fused-ring (bicyclic) bond motifs is 2. The fourth-order valence-electron chi connectivity index (χ4n) is 3.69. The van der Waals surface area contributed by atoms with E-state index in [-0.39, 0.29) is 16.8 Å². The normalized spacial score (nSPS) is 14.6. The number of nitrogens with two attached hydrogens (primary N) is 1. The first-order chi connectivity index (χ1) is 14.1. The molecule has 5 rings (SSSR count). The molecule has 1 saturated heterocycles. The number of nitrogen functional groups attached to an aromatic ring is 1. The van der Waals surface area contributed by atoms with Gasteiger partial charge in [0.1, 0.15) is 17.2 Å². The van der Waals surface area contributed by atoms with Crippen molar-refractivity contribution in [2.75, 3.05) is 36.8 Å². The molecule has 4 aromatic rings. The van der Waals surface area contributed by atoms with E-state index in [1.54, 1.807) is 30.5 Å². The standard InChI is InChI=1S/C21H18ClN5O2/c22-14-2-1-3-15-18(14)20(28)19-21(29-15)13(10-16(23)26-19)12-4-5-17(25-11-12)27-8-6-24-7-9-27/h1-5,10-11,24H,6-9H2,(H2,23,26). The third-order valence-electron chi connectivity index (χ3n) is 5.12. The highest BCUT2D eigenvalue weighted by Gasteiger charge is 2.18. The smallest absolute Gasteiger partial charge is 0.220 e. The van der Waals surface area contributed by atoms with Crippen molar-refractivity contribution in [3.8, 4) is 11.1 Å². The molecule has 0 atom stereocenters. The van der Waals surface area contributed by atoms with Gasteiger partial charge in [-0.15, -0.1) is 0 Å². The molecule has 3 N–H and O–H groups in total. The Bertz CT molecular complexity index is 1280. The highest BCUT2D eigenvalue weighted by Crippen LogP contribution is 2.32. The molecule has 0 aliphatic carbocycles. The van der Waals surface area contributed by atoms with Gasteiger partial charge in [0.2, 0.25) is 5.43 Å². The average molecular weight is 408 g/mol. The van der Waals surface area contributed by atoms with Crippen molar-refractivity contribution in [1.82, 2.24) is 15.3 Å². The molecule has 29 heavy (non-hydrogen) atoms. The van der Waals surface area contributed by atoms with E-state index in [0.29, 0.717) is 27.1 Å². The van der Waals surface area contributed by atoms with Gasteiger partial charge in [0.15, 0.2) is 11.1 Å². The second-order valence-electron chi connectivity index (χ2n) is 6.96. The lowest BCUT2D eigenvalue weighted by molar-refractivity contribution is 0.585. The van der Waals surface area contributed by atoms with Crippen LogP contribution in [0.4, 0.5) is 11.6 Å². The van der Waals surface area contributed by atoms with Crippen LogP contribution in [0.25, 0.3) is 33.2 Å². The second kappa shape index (κ2) is 7.02. The molecule has 1 aliphatic rings. The highest BCUT2D eigenvalue weighted by atomic mass is 35.5. The molecule has 8 heteroatoms. The molecule has 0 spiro atoms. The van der Waals surface area contributed by atoms with Gasteiger partial charge in [-0.2, -0.15) is 0 Å². The van der Waals surface area contributed by atoms with Gasteiger partial charge in [-0.1, -0.05) is 17.7 Å². The zero-order valence-electron chi connectivity index (χ0n) is 15.5. The number of nitrogens with one attached hydrogen (secondary N) is 1. The third-order valence-corrected chi connectivity index (χ3v) is 5.44. The van der Waals surface area contributed by atoms with E-state index in [2.05, 4.69) is 20.2 Å². The maximum Gasteiger partial charge on any atom is 0.220 e. The molecule has 0 unspecified atom stereocenters. The van der Waals surface area contributed by atoms with Gasteiger partial charge in [-0.05, 0) is 30.3 Å². The summed E-state index contributed by atoms with van der Waals surface area (Å²) in [5, 5.41) is 3.96. The summed E-state index contributed by atoms with van der Waals surface area (Å²) < 4.78 is 6.05. The van der Waals surface area contributed by atoms with Gasteiger partial charge in [-0.25, -0.2) is 9.97 Å². The van der Waals surface area contributed by atoms with Crippen LogP contribution in [0.15, 0.2) is 51.8 Å². The fraction of sp³-hybridized carbons (Fsp3) is 0.190. The Morgan fingerprint density at radius 2 is 2.00 bits per heavy atom. The Kier molecular flexibility index (Phi) is 4.34. The number of halogens is 1. The van der Waals surface area contributed by atoms with Crippen LogP contribution in [0, 0.1) is 0 Å². The monoisotopic (exact) mass is 407 g/mol. The molecule has 4 heterocycles. The highest BCUT2D eigenvalue weighted by molar-refractivity contribution is 6.35. The SMILES string of the molecule is Nc1cc(-c2ccc(N3CCNCC3)nc2)c2oc3cccc(Cl)c3c(=O)c2n1. The molecule has 0 amide bonds. The second-order valence-corrected chi connectivity index (χ2v) is 7.37. The molecule has 146 valence electrons. The van der Waals surface area contributed by atoms with Gasteiger partial charge in [0, 0.05) is 43.5 Å². The zero-order chi connectivity index (χ0) is 20.0. The first-order valence-corrected chi connectivity index (χ1v) is 9.73. The van der Waals surface area contributed by atoms with Crippen LogP contribution in [0.3, 0.4) is 0 Å². The summed E-state index contributed by atoms with van der Waals surface area (Å²) in [5.41, 5.74) is 8.11. The largest absolute Gasteiger partial charge is 0.453 e. The number of hydrogen-bond donors (Lipinski definition) is 2. The topological polar surface area (TPSA) is 97.3 Å². The van der Waals surface area contributed by atoms with Crippen LogP contribution in [0.1, 0.15) is 0 Å². The Hall–Kier alpha value is -3.16. The van der Waals surface area contributed by atoms with E-state index in [1.165, 1.54) is 0 Å². The minimum atomic E-state index is -0.300. The molecule has 0 saturated carbocycles. The van der Waals surface area contributed by atoms with Crippen LogP contribution in [-0.4, -0.2) is 36.1 Å². The van der Waals surface area contributed by atoms with Gasteiger partial charge < -0.3 is 20.4 Å². The number of hydrogen-bond acceptors (Lipinski definition) is 7. The number of nitrogens with zero attached hydrogens (tertiary/aromatic N) is 3. The van der Waals surface area contributed by atoms with E-state index in [4.69, 9.17) is 21.8 Å².